The quantitative estimate of drug-likeness (QED) is 0.225. The van der Waals surface area contributed by atoms with Crippen LogP contribution in [0.1, 0.15) is 0 Å². The summed E-state index contributed by atoms with van der Waals surface area (Å²) in [5.41, 5.74) is 9.53. The molecule has 9 aromatic rings. The summed E-state index contributed by atoms with van der Waals surface area (Å²) in [6.45, 7) is 0. The van der Waals surface area contributed by atoms with Gasteiger partial charge in [0.05, 0.1) is 16.7 Å². The van der Waals surface area contributed by atoms with Crippen LogP contribution in [-0.4, -0.2) is 9.55 Å². The van der Waals surface area contributed by atoms with Gasteiger partial charge >= 0.3 is 0 Å². The predicted octanol–water partition coefficient (Wildman–Crippen LogP) is 10.6. The van der Waals surface area contributed by atoms with Gasteiger partial charge in [0.15, 0.2) is 0 Å². The Morgan fingerprint density at radius 3 is 2.19 bits per heavy atom. The van der Waals surface area contributed by atoms with E-state index in [0.29, 0.717) is 0 Å². The summed E-state index contributed by atoms with van der Waals surface area (Å²) in [4.78, 5) is 4.79. The van der Waals surface area contributed by atoms with E-state index in [9.17, 15) is 0 Å². The van der Waals surface area contributed by atoms with Crippen molar-refractivity contribution in [3.8, 4) is 28.1 Å². The number of aromatic nitrogens is 2. The van der Waals surface area contributed by atoms with Crippen molar-refractivity contribution < 1.29 is 4.42 Å². The normalized spacial score (nSPS) is 11.8. The molecule has 0 amide bonds. The smallest absolute Gasteiger partial charge is 0.144 e. The number of fused-ring (bicyclic) bond motifs is 7. The Balaban J connectivity index is 1.26. The van der Waals surface area contributed by atoms with E-state index >= 15 is 0 Å². The highest BCUT2D eigenvalue weighted by Gasteiger charge is 2.18. The Labute approximate surface area is 241 Å². The van der Waals surface area contributed by atoms with Gasteiger partial charge in [0, 0.05) is 44.4 Å². The van der Waals surface area contributed by atoms with Crippen LogP contribution in [-0.2, 0) is 0 Å². The third-order valence-corrected chi connectivity index (χ3v) is 8.43. The number of hydrogen-bond donors (Lipinski definition) is 0. The van der Waals surface area contributed by atoms with Gasteiger partial charge in [0.2, 0.25) is 0 Å². The minimum absolute atomic E-state index is 0.867. The van der Waals surface area contributed by atoms with Crippen LogP contribution in [0.5, 0.6) is 0 Å². The summed E-state index contributed by atoms with van der Waals surface area (Å²) >= 11 is 0. The SMILES string of the molecule is c1ccc(-n2c3ccccc3c3c(-c4ccc5c(c4)oc4c(-c6cc7ccccc7cn6)cccc45)cccc32)cc1. The molecule has 0 unspecified atom stereocenters. The molecule has 0 aliphatic carbocycles. The number of para-hydroxylation sites is 3. The van der Waals surface area contributed by atoms with Crippen LogP contribution in [0.15, 0.2) is 150 Å². The first-order valence-corrected chi connectivity index (χ1v) is 14.2. The minimum Gasteiger partial charge on any atom is -0.455 e. The Kier molecular flexibility index (Phi) is 4.90. The molecule has 0 atom stereocenters. The molecule has 0 bridgehead atoms. The fourth-order valence-corrected chi connectivity index (χ4v) is 6.51. The lowest BCUT2D eigenvalue weighted by atomic mass is 9.98. The summed E-state index contributed by atoms with van der Waals surface area (Å²) in [5.74, 6) is 0. The summed E-state index contributed by atoms with van der Waals surface area (Å²) in [6, 6.07) is 49.3. The third-order valence-electron chi connectivity index (χ3n) is 8.43. The van der Waals surface area contributed by atoms with Gasteiger partial charge in [-0.05, 0) is 65.0 Å². The molecule has 0 radical (unpaired) electrons. The highest BCUT2D eigenvalue weighted by Crippen LogP contribution is 2.41. The fraction of sp³-hybridized carbons (Fsp3) is 0. The highest BCUT2D eigenvalue weighted by atomic mass is 16.3. The van der Waals surface area contributed by atoms with E-state index in [0.717, 1.165) is 49.8 Å². The summed E-state index contributed by atoms with van der Waals surface area (Å²) in [6.07, 6.45) is 1.94. The first kappa shape index (κ1) is 23.1. The van der Waals surface area contributed by atoms with E-state index in [1.54, 1.807) is 0 Å². The van der Waals surface area contributed by atoms with Crippen molar-refractivity contribution >= 4 is 54.5 Å². The average molecular weight is 537 g/mol. The molecular weight excluding hydrogens is 512 g/mol. The number of pyridine rings is 1. The Morgan fingerprint density at radius 2 is 1.26 bits per heavy atom. The maximum absolute atomic E-state index is 6.64. The Hall–Kier alpha value is -5.67. The molecule has 6 aromatic carbocycles. The van der Waals surface area contributed by atoms with Gasteiger partial charge in [-0.1, -0.05) is 91.0 Å². The summed E-state index contributed by atoms with van der Waals surface area (Å²) in [7, 11) is 0. The topological polar surface area (TPSA) is 31.0 Å². The van der Waals surface area contributed by atoms with Crippen LogP contribution in [0.25, 0.3) is 82.6 Å². The average Bonchev–Trinajstić information content (AvgIpc) is 3.60. The van der Waals surface area contributed by atoms with Crippen molar-refractivity contribution in [1.29, 1.82) is 0 Å². The molecule has 0 N–H and O–H groups in total. The van der Waals surface area contributed by atoms with Crippen LogP contribution in [0.3, 0.4) is 0 Å². The Bertz CT molecular complexity index is 2470. The van der Waals surface area contributed by atoms with E-state index in [1.165, 1.54) is 32.8 Å². The standard InChI is InChI=1S/C39H24N2O/c1-2-12-28(13-3-1)41-35-18-7-6-14-33(35)38-29(15-9-19-36(38)41)26-20-21-30-31-16-8-17-32(39(31)42-37(30)23-26)34-22-25-10-4-5-11-27(25)24-40-34/h1-24H. The van der Waals surface area contributed by atoms with Gasteiger partial charge in [-0.2, -0.15) is 0 Å². The predicted molar refractivity (Wildman–Crippen MR) is 174 cm³/mol. The van der Waals surface area contributed by atoms with Crippen LogP contribution < -0.4 is 0 Å². The summed E-state index contributed by atoms with van der Waals surface area (Å²) in [5, 5.41) is 6.99. The molecule has 42 heavy (non-hydrogen) atoms. The molecule has 0 fully saturated rings. The number of nitrogens with zero attached hydrogens (tertiary/aromatic N) is 2. The maximum Gasteiger partial charge on any atom is 0.144 e. The van der Waals surface area contributed by atoms with E-state index in [1.807, 2.05) is 12.3 Å². The molecule has 3 heterocycles. The molecule has 0 aliphatic heterocycles. The van der Waals surface area contributed by atoms with Gasteiger partial charge in [-0.3, -0.25) is 4.98 Å². The molecular formula is C39H24N2O. The van der Waals surface area contributed by atoms with Crippen LogP contribution in [0.2, 0.25) is 0 Å². The molecule has 3 aromatic heterocycles. The van der Waals surface area contributed by atoms with Crippen molar-refractivity contribution in [3.63, 3.8) is 0 Å². The first-order chi connectivity index (χ1) is 20.8. The molecule has 0 saturated carbocycles. The van der Waals surface area contributed by atoms with Gasteiger partial charge < -0.3 is 8.98 Å². The van der Waals surface area contributed by atoms with E-state index in [2.05, 4.69) is 138 Å². The van der Waals surface area contributed by atoms with Crippen molar-refractivity contribution in [2.24, 2.45) is 0 Å². The lowest BCUT2D eigenvalue weighted by Gasteiger charge is -2.08. The molecule has 196 valence electrons. The number of rotatable bonds is 3. The molecule has 9 rings (SSSR count). The van der Waals surface area contributed by atoms with Crippen LogP contribution in [0.4, 0.5) is 0 Å². The van der Waals surface area contributed by atoms with Gasteiger partial charge in [0.1, 0.15) is 11.2 Å². The minimum atomic E-state index is 0.867. The number of benzene rings is 6. The van der Waals surface area contributed by atoms with Crippen molar-refractivity contribution in [2.75, 3.05) is 0 Å². The van der Waals surface area contributed by atoms with Crippen molar-refractivity contribution in [1.82, 2.24) is 9.55 Å². The molecule has 3 nitrogen and oxygen atoms in total. The van der Waals surface area contributed by atoms with Gasteiger partial charge in [-0.25, -0.2) is 0 Å². The van der Waals surface area contributed by atoms with Crippen molar-refractivity contribution in [2.45, 2.75) is 0 Å². The van der Waals surface area contributed by atoms with Crippen LogP contribution in [0, 0.1) is 0 Å². The lowest BCUT2D eigenvalue weighted by Crippen LogP contribution is -1.92. The molecule has 3 heteroatoms. The van der Waals surface area contributed by atoms with E-state index in [4.69, 9.17) is 9.40 Å². The second-order valence-electron chi connectivity index (χ2n) is 10.8. The second-order valence-corrected chi connectivity index (χ2v) is 10.8. The first-order valence-electron chi connectivity index (χ1n) is 14.2. The fourth-order valence-electron chi connectivity index (χ4n) is 6.51. The zero-order valence-electron chi connectivity index (χ0n) is 22.7. The molecule has 0 spiro atoms. The zero-order chi connectivity index (χ0) is 27.6. The second kappa shape index (κ2) is 8.92. The lowest BCUT2D eigenvalue weighted by molar-refractivity contribution is 0.670. The highest BCUT2D eigenvalue weighted by molar-refractivity contribution is 6.17. The van der Waals surface area contributed by atoms with Crippen molar-refractivity contribution in [3.05, 3.63) is 146 Å². The van der Waals surface area contributed by atoms with E-state index < -0.39 is 0 Å². The van der Waals surface area contributed by atoms with E-state index in [-0.39, 0.29) is 0 Å². The summed E-state index contributed by atoms with van der Waals surface area (Å²) < 4.78 is 9.00. The van der Waals surface area contributed by atoms with Gasteiger partial charge in [-0.15, -0.1) is 0 Å². The largest absolute Gasteiger partial charge is 0.455 e. The monoisotopic (exact) mass is 536 g/mol. The number of hydrogen-bond acceptors (Lipinski definition) is 2. The van der Waals surface area contributed by atoms with Gasteiger partial charge in [0.25, 0.3) is 0 Å². The number of furan rings is 1. The molecule has 0 aliphatic rings. The molecule has 0 saturated heterocycles. The zero-order valence-corrected chi connectivity index (χ0v) is 22.7. The van der Waals surface area contributed by atoms with Crippen LogP contribution >= 0.6 is 0 Å². The maximum atomic E-state index is 6.64. The Morgan fingerprint density at radius 1 is 0.524 bits per heavy atom. The third kappa shape index (κ3) is 3.37.